The van der Waals surface area contributed by atoms with Crippen LogP contribution in [-0.4, -0.2) is 17.6 Å². The summed E-state index contributed by atoms with van der Waals surface area (Å²) >= 11 is 6.21. The SMILES string of the molecule is CC(C)(C)OC(=O)Nc1ccc(NC(=O)C2CC2c2ccccc2Cl)cc1. The second-order valence-electron chi connectivity index (χ2n) is 7.66. The largest absolute Gasteiger partial charge is 0.444 e. The lowest BCUT2D eigenvalue weighted by Gasteiger charge is -2.19. The Labute approximate surface area is 164 Å². The molecule has 2 aromatic rings. The summed E-state index contributed by atoms with van der Waals surface area (Å²) in [6, 6.07) is 14.6. The van der Waals surface area contributed by atoms with Gasteiger partial charge in [-0.3, -0.25) is 10.1 Å². The van der Waals surface area contributed by atoms with Crippen LogP contribution in [0.2, 0.25) is 5.02 Å². The van der Waals surface area contributed by atoms with Crippen LogP contribution in [0.3, 0.4) is 0 Å². The highest BCUT2D eigenvalue weighted by Crippen LogP contribution is 2.50. The summed E-state index contributed by atoms with van der Waals surface area (Å²) in [6.07, 6.45) is 0.285. The number of hydrogen-bond acceptors (Lipinski definition) is 3. The van der Waals surface area contributed by atoms with Gasteiger partial charge in [-0.1, -0.05) is 29.8 Å². The molecule has 6 heteroatoms. The summed E-state index contributed by atoms with van der Waals surface area (Å²) in [5.41, 5.74) is 1.75. The van der Waals surface area contributed by atoms with Gasteiger partial charge in [-0.2, -0.15) is 0 Å². The number of hydrogen-bond donors (Lipinski definition) is 2. The molecule has 0 spiro atoms. The maximum Gasteiger partial charge on any atom is 0.412 e. The van der Waals surface area contributed by atoms with E-state index in [2.05, 4.69) is 10.6 Å². The first-order chi connectivity index (χ1) is 12.7. The predicted molar refractivity (Wildman–Crippen MR) is 107 cm³/mol. The van der Waals surface area contributed by atoms with Gasteiger partial charge in [0, 0.05) is 22.3 Å². The van der Waals surface area contributed by atoms with Crippen molar-refractivity contribution in [2.45, 2.75) is 38.7 Å². The lowest BCUT2D eigenvalue weighted by molar-refractivity contribution is -0.117. The Morgan fingerprint density at radius 2 is 1.59 bits per heavy atom. The summed E-state index contributed by atoms with van der Waals surface area (Å²) in [7, 11) is 0. The van der Waals surface area contributed by atoms with Gasteiger partial charge >= 0.3 is 6.09 Å². The molecule has 142 valence electrons. The lowest BCUT2D eigenvalue weighted by Crippen LogP contribution is -2.27. The van der Waals surface area contributed by atoms with E-state index in [4.69, 9.17) is 16.3 Å². The van der Waals surface area contributed by atoms with Gasteiger partial charge in [0.05, 0.1) is 0 Å². The Morgan fingerprint density at radius 1 is 1.00 bits per heavy atom. The highest BCUT2D eigenvalue weighted by molar-refractivity contribution is 6.31. The molecule has 1 aliphatic carbocycles. The number of ether oxygens (including phenoxy) is 1. The monoisotopic (exact) mass is 386 g/mol. The molecule has 0 saturated heterocycles. The van der Waals surface area contributed by atoms with E-state index in [0.29, 0.717) is 16.4 Å². The molecule has 1 fully saturated rings. The van der Waals surface area contributed by atoms with Gasteiger partial charge in [-0.25, -0.2) is 4.79 Å². The van der Waals surface area contributed by atoms with Crippen LogP contribution >= 0.6 is 11.6 Å². The molecule has 0 aliphatic heterocycles. The summed E-state index contributed by atoms with van der Waals surface area (Å²) in [4.78, 5) is 24.2. The Hall–Kier alpha value is -2.53. The van der Waals surface area contributed by atoms with Gasteiger partial charge in [0.2, 0.25) is 5.91 Å². The van der Waals surface area contributed by atoms with Gasteiger partial charge in [0.15, 0.2) is 0 Å². The van der Waals surface area contributed by atoms with Crippen LogP contribution in [0.25, 0.3) is 0 Å². The fourth-order valence-corrected chi connectivity index (χ4v) is 3.17. The topological polar surface area (TPSA) is 67.4 Å². The van der Waals surface area contributed by atoms with Crippen molar-refractivity contribution in [3.63, 3.8) is 0 Å². The zero-order valence-corrected chi connectivity index (χ0v) is 16.3. The first-order valence-corrected chi connectivity index (χ1v) is 9.26. The van der Waals surface area contributed by atoms with Gasteiger partial charge in [0.25, 0.3) is 0 Å². The summed E-state index contributed by atoms with van der Waals surface area (Å²) < 4.78 is 5.21. The number of nitrogens with one attached hydrogen (secondary N) is 2. The van der Waals surface area contributed by atoms with Crippen molar-refractivity contribution >= 4 is 35.0 Å². The van der Waals surface area contributed by atoms with Gasteiger partial charge in [0.1, 0.15) is 5.60 Å². The molecule has 2 amide bonds. The van der Waals surface area contributed by atoms with Crippen molar-refractivity contribution < 1.29 is 14.3 Å². The molecule has 2 atom stereocenters. The van der Waals surface area contributed by atoms with Crippen molar-refractivity contribution in [1.82, 2.24) is 0 Å². The zero-order valence-electron chi connectivity index (χ0n) is 15.6. The van der Waals surface area contributed by atoms with E-state index in [1.165, 1.54) is 0 Å². The van der Waals surface area contributed by atoms with Gasteiger partial charge in [-0.05, 0) is 69.0 Å². The normalized spacial score (nSPS) is 18.5. The number of amides is 2. The van der Waals surface area contributed by atoms with Crippen molar-refractivity contribution in [2.75, 3.05) is 10.6 Å². The fourth-order valence-electron chi connectivity index (χ4n) is 2.90. The van der Waals surface area contributed by atoms with E-state index in [1.807, 2.05) is 24.3 Å². The van der Waals surface area contributed by atoms with Crippen molar-refractivity contribution in [1.29, 1.82) is 0 Å². The highest BCUT2D eigenvalue weighted by Gasteiger charge is 2.44. The maximum absolute atomic E-state index is 12.4. The molecule has 2 aromatic carbocycles. The molecule has 0 heterocycles. The minimum Gasteiger partial charge on any atom is -0.444 e. The maximum atomic E-state index is 12.4. The minimum absolute atomic E-state index is 0.0206. The number of benzene rings is 2. The van der Waals surface area contributed by atoms with Crippen LogP contribution in [0, 0.1) is 5.92 Å². The molecular formula is C21H23ClN2O3. The predicted octanol–water partition coefficient (Wildman–Crippen LogP) is 5.43. The second-order valence-corrected chi connectivity index (χ2v) is 8.07. The summed E-state index contributed by atoms with van der Waals surface area (Å²) in [5.74, 6) is 0.0871. The molecule has 3 rings (SSSR count). The Balaban J connectivity index is 1.54. The number of carbonyl (C=O) groups is 2. The van der Waals surface area contributed by atoms with Crippen LogP contribution < -0.4 is 10.6 Å². The van der Waals surface area contributed by atoms with Crippen molar-refractivity contribution in [3.8, 4) is 0 Å². The number of carbonyl (C=O) groups excluding carboxylic acids is 2. The molecular weight excluding hydrogens is 364 g/mol. The van der Waals surface area contributed by atoms with E-state index in [1.54, 1.807) is 45.0 Å². The third-order valence-electron chi connectivity index (χ3n) is 4.23. The van der Waals surface area contributed by atoms with E-state index >= 15 is 0 Å². The highest BCUT2D eigenvalue weighted by atomic mass is 35.5. The van der Waals surface area contributed by atoms with Crippen LogP contribution in [-0.2, 0) is 9.53 Å². The van der Waals surface area contributed by atoms with Crippen LogP contribution in [0.1, 0.15) is 38.7 Å². The molecule has 2 N–H and O–H groups in total. The average Bonchev–Trinajstić information content (AvgIpc) is 3.36. The van der Waals surface area contributed by atoms with Crippen molar-refractivity contribution in [2.24, 2.45) is 5.92 Å². The quantitative estimate of drug-likeness (QED) is 0.736. The first-order valence-electron chi connectivity index (χ1n) is 8.88. The minimum atomic E-state index is -0.555. The molecule has 1 aliphatic rings. The molecule has 0 aromatic heterocycles. The van der Waals surface area contributed by atoms with E-state index in [9.17, 15) is 9.59 Å². The Bertz CT molecular complexity index is 843. The third kappa shape index (κ3) is 5.23. The zero-order chi connectivity index (χ0) is 19.6. The van der Waals surface area contributed by atoms with E-state index in [0.717, 1.165) is 12.0 Å². The number of halogens is 1. The molecule has 0 radical (unpaired) electrons. The summed E-state index contributed by atoms with van der Waals surface area (Å²) in [6.45, 7) is 5.41. The molecule has 0 bridgehead atoms. The smallest absolute Gasteiger partial charge is 0.412 e. The van der Waals surface area contributed by atoms with Crippen LogP contribution in [0.5, 0.6) is 0 Å². The van der Waals surface area contributed by atoms with Crippen LogP contribution in [0.15, 0.2) is 48.5 Å². The number of anilines is 2. The summed E-state index contributed by atoms with van der Waals surface area (Å²) in [5, 5.41) is 6.28. The first kappa shape index (κ1) is 19.2. The van der Waals surface area contributed by atoms with Gasteiger partial charge < -0.3 is 10.1 Å². The standard InChI is InChI=1S/C21H23ClN2O3/c1-21(2,3)27-20(26)24-14-10-8-13(9-11-14)23-19(25)17-12-16(17)15-6-4-5-7-18(15)22/h4-11,16-17H,12H2,1-3H3,(H,23,25)(H,24,26). The van der Waals surface area contributed by atoms with Crippen molar-refractivity contribution in [3.05, 3.63) is 59.1 Å². The molecule has 5 nitrogen and oxygen atoms in total. The van der Waals surface area contributed by atoms with E-state index in [-0.39, 0.29) is 17.7 Å². The van der Waals surface area contributed by atoms with E-state index < -0.39 is 11.7 Å². The number of rotatable bonds is 4. The molecule has 27 heavy (non-hydrogen) atoms. The second kappa shape index (κ2) is 7.61. The van der Waals surface area contributed by atoms with Gasteiger partial charge in [-0.15, -0.1) is 0 Å². The average molecular weight is 387 g/mol. The Morgan fingerprint density at radius 3 is 2.19 bits per heavy atom. The third-order valence-corrected chi connectivity index (χ3v) is 4.57. The Kier molecular flexibility index (Phi) is 5.42. The molecule has 2 unspecified atom stereocenters. The fraction of sp³-hybridized carbons (Fsp3) is 0.333. The lowest BCUT2D eigenvalue weighted by atomic mass is 10.1. The van der Waals surface area contributed by atoms with Crippen LogP contribution in [0.4, 0.5) is 16.2 Å². The molecule has 1 saturated carbocycles.